The molecule has 3 nitrogen and oxygen atoms in total. The molecule has 0 unspecified atom stereocenters. The number of rotatable bonds is 1. The van der Waals surface area contributed by atoms with Crippen molar-refractivity contribution in [3.63, 3.8) is 0 Å². The zero-order chi connectivity index (χ0) is 17.7. The number of benzene rings is 2. The number of anilines is 1. The van der Waals surface area contributed by atoms with Gasteiger partial charge in [-0.1, -0.05) is 31.0 Å². The van der Waals surface area contributed by atoms with Crippen LogP contribution in [0, 0.1) is 5.82 Å². The number of hydrogen-bond donors (Lipinski definition) is 0. The summed E-state index contributed by atoms with van der Waals surface area (Å²) in [6.07, 6.45) is 5.80. The smallest absolute Gasteiger partial charge is 0.258 e. The molecule has 1 saturated carbocycles. The highest BCUT2D eigenvalue weighted by molar-refractivity contribution is 6.14. The first-order valence-electron chi connectivity index (χ1n) is 9.14. The maximum absolute atomic E-state index is 14.7. The van der Waals surface area contributed by atoms with Gasteiger partial charge in [0, 0.05) is 34.7 Å². The average molecular weight is 346 g/mol. The van der Waals surface area contributed by atoms with Gasteiger partial charge in [-0.3, -0.25) is 9.78 Å². The van der Waals surface area contributed by atoms with E-state index in [0.717, 1.165) is 47.8 Å². The van der Waals surface area contributed by atoms with E-state index in [1.165, 1.54) is 6.07 Å². The minimum absolute atomic E-state index is 0.0702. The molecule has 1 fully saturated rings. The number of hydrogen-bond acceptors (Lipinski definition) is 2. The maximum Gasteiger partial charge on any atom is 0.258 e. The lowest BCUT2D eigenvalue weighted by Crippen LogP contribution is -2.35. The molecule has 0 saturated heterocycles. The molecule has 2 aromatic carbocycles. The first-order chi connectivity index (χ1) is 12.7. The van der Waals surface area contributed by atoms with Crippen molar-refractivity contribution in [2.75, 3.05) is 11.4 Å². The summed E-state index contributed by atoms with van der Waals surface area (Å²) in [6, 6.07) is 14.5. The van der Waals surface area contributed by atoms with Gasteiger partial charge in [-0.05, 0) is 43.2 Å². The second-order valence-electron chi connectivity index (χ2n) is 7.39. The third-order valence-corrected chi connectivity index (χ3v) is 5.96. The van der Waals surface area contributed by atoms with Gasteiger partial charge in [-0.15, -0.1) is 0 Å². The van der Waals surface area contributed by atoms with E-state index in [4.69, 9.17) is 0 Å². The van der Waals surface area contributed by atoms with Crippen molar-refractivity contribution in [2.45, 2.75) is 31.1 Å². The average Bonchev–Trinajstić information content (AvgIpc) is 3.27. The van der Waals surface area contributed by atoms with Crippen molar-refractivity contribution in [1.82, 2.24) is 4.98 Å². The van der Waals surface area contributed by atoms with Crippen LogP contribution in [-0.4, -0.2) is 17.4 Å². The molecule has 2 heterocycles. The Balaban J connectivity index is 1.65. The predicted octanol–water partition coefficient (Wildman–Crippen LogP) is 4.85. The van der Waals surface area contributed by atoms with Crippen molar-refractivity contribution in [3.8, 4) is 0 Å². The summed E-state index contributed by atoms with van der Waals surface area (Å²) < 4.78 is 14.7. The van der Waals surface area contributed by atoms with E-state index in [-0.39, 0.29) is 17.1 Å². The summed E-state index contributed by atoms with van der Waals surface area (Å²) >= 11 is 0. The number of nitrogens with zero attached hydrogens (tertiary/aromatic N) is 2. The van der Waals surface area contributed by atoms with Gasteiger partial charge in [0.2, 0.25) is 0 Å². The molecule has 0 radical (unpaired) electrons. The summed E-state index contributed by atoms with van der Waals surface area (Å²) in [6.45, 7) is 0.568. The number of carbonyl (C=O) groups is 1. The Morgan fingerprint density at radius 3 is 2.69 bits per heavy atom. The van der Waals surface area contributed by atoms with Gasteiger partial charge in [0.05, 0.1) is 11.2 Å². The number of pyridine rings is 1. The molecule has 26 heavy (non-hydrogen) atoms. The van der Waals surface area contributed by atoms with Crippen molar-refractivity contribution in [2.24, 2.45) is 0 Å². The summed E-state index contributed by atoms with van der Waals surface area (Å²) in [5, 5.41) is 0.838. The van der Waals surface area contributed by atoms with Crippen LogP contribution in [0.25, 0.3) is 10.9 Å². The third kappa shape index (κ3) is 2.11. The second-order valence-corrected chi connectivity index (χ2v) is 7.39. The molecule has 1 amide bonds. The van der Waals surface area contributed by atoms with E-state index in [2.05, 4.69) is 4.98 Å². The van der Waals surface area contributed by atoms with E-state index in [1.807, 2.05) is 36.4 Å². The topological polar surface area (TPSA) is 33.2 Å². The van der Waals surface area contributed by atoms with Gasteiger partial charge in [0.15, 0.2) is 0 Å². The van der Waals surface area contributed by atoms with Gasteiger partial charge < -0.3 is 4.90 Å². The lowest BCUT2D eigenvalue weighted by Gasteiger charge is -2.25. The molecule has 1 spiro atoms. The number of amides is 1. The fourth-order valence-electron chi connectivity index (χ4n) is 4.81. The summed E-state index contributed by atoms with van der Waals surface area (Å²) in [5.41, 5.74) is 2.68. The normalized spacial score (nSPS) is 17.8. The Morgan fingerprint density at radius 2 is 1.85 bits per heavy atom. The molecule has 5 rings (SSSR count). The highest BCUT2D eigenvalue weighted by Gasteiger charge is 2.48. The van der Waals surface area contributed by atoms with E-state index >= 15 is 0 Å². The van der Waals surface area contributed by atoms with Crippen LogP contribution < -0.4 is 4.90 Å². The second kappa shape index (κ2) is 5.63. The molecule has 3 aromatic rings. The Morgan fingerprint density at radius 1 is 1.04 bits per heavy atom. The van der Waals surface area contributed by atoms with E-state index in [9.17, 15) is 9.18 Å². The van der Waals surface area contributed by atoms with Crippen LogP contribution in [0.15, 0.2) is 54.7 Å². The molecular weight excluding hydrogens is 327 g/mol. The molecule has 4 heteroatoms. The molecule has 1 aromatic heterocycles. The molecular formula is C22H19FN2O. The Labute approximate surface area is 151 Å². The minimum Gasteiger partial charge on any atom is -0.307 e. The van der Waals surface area contributed by atoms with Crippen LogP contribution in [-0.2, 0) is 5.41 Å². The molecule has 2 aliphatic rings. The van der Waals surface area contributed by atoms with Gasteiger partial charge in [-0.25, -0.2) is 4.39 Å². The molecule has 1 aliphatic heterocycles. The standard InChI is InChI=1S/C22H19FN2O/c23-17-8-4-10-19-20(17)22(11-1-2-12-22)14-25(19)21(26)16-6-3-9-18-15(16)7-5-13-24-18/h3-10,13H,1-2,11-12,14H2. The SMILES string of the molecule is O=C(c1cccc2ncccc12)N1CC2(CCCC2)c2c(F)cccc21. The van der Waals surface area contributed by atoms with Crippen LogP contribution in [0.4, 0.5) is 10.1 Å². The van der Waals surface area contributed by atoms with Gasteiger partial charge in [-0.2, -0.15) is 0 Å². The molecule has 0 N–H and O–H groups in total. The summed E-state index contributed by atoms with van der Waals surface area (Å²) in [4.78, 5) is 19.6. The summed E-state index contributed by atoms with van der Waals surface area (Å²) in [5.74, 6) is -0.251. The van der Waals surface area contributed by atoms with E-state index in [1.54, 1.807) is 17.2 Å². The Hall–Kier alpha value is -2.75. The number of carbonyl (C=O) groups excluding carboxylic acids is 1. The lowest BCUT2D eigenvalue weighted by atomic mass is 9.80. The highest BCUT2D eigenvalue weighted by atomic mass is 19.1. The monoisotopic (exact) mass is 346 g/mol. The van der Waals surface area contributed by atoms with Crippen LogP contribution in [0.2, 0.25) is 0 Å². The maximum atomic E-state index is 14.7. The van der Waals surface area contributed by atoms with Crippen molar-refractivity contribution < 1.29 is 9.18 Å². The molecule has 0 bridgehead atoms. The molecule has 130 valence electrons. The fraction of sp³-hybridized carbons (Fsp3) is 0.273. The van der Waals surface area contributed by atoms with Crippen LogP contribution in [0.1, 0.15) is 41.6 Å². The third-order valence-electron chi connectivity index (χ3n) is 5.96. The van der Waals surface area contributed by atoms with Crippen molar-refractivity contribution in [1.29, 1.82) is 0 Å². The zero-order valence-corrected chi connectivity index (χ0v) is 14.4. The predicted molar refractivity (Wildman–Crippen MR) is 100.0 cm³/mol. The Kier molecular flexibility index (Phi) is 3.36. The number of fused-ring (bicyclic) bond motifs is 3. The Bertz CT molecular complexity index is 1020. The largest absolute Gasteiger partial charge is 0.307 e. The van der Waals surface area contributed by atoms with Crippen LogP contribution in [0.5, 0.6) is 0 Å². The number of halogens is 1. The van der Waals surface area contributed by atoms with E-state index < -0.39 is 0 Å². The van der Waals surface area contributed by atoms with Gasteiger partial charge in [0.25, 0.3) is 5.91 Å². The fourth-order valence-corrected chi connectivity index (χ4v) is 4.81. The van der Waals surface area contributed by atoms with Crippen molar-refractivity contribution >= 4 is 22.5 Å². The zero-order valence-electron chi connectivity index (χ0n) is 14.4. The summed E-state index contributed by atoms with van der Waals surface area (Å²) in [7, 11) is 0. The van der Waals surface area contributed by atoms with Gasteiger partial charge in [0.1, 0.15) is 5.82 Å². The number of aromatic nitrogens is 1. The highest BCUT2D eigenvalue weighted by Crippen LogP contribution is 2.51. The first-order valence-corrected chi connectivity index (χ1v) is 9.14. The first kappa shape index (κ1) is 15.5. The van der Waals surface area contributed by atoms with Crippen LogP contribution >= 0.6 is 0 Å². The van der Waals surface area contributed by atoms with E-state index in [0.29, 0.717) is 12.1 Å². The molecule has 1 aliphatic carbocycles. The van der Waals surface area contributed by atoms with Gasteiger partial charge >= 0.3 is 0 Å². The van der Waals surface area contributed by atoms with Crippen LogP contribution in [0.3, 0.4) is 0 Å². The lowest BCUT2D eigenvalue weighted by molar-refractivity contribution is 0.0986. The van der Waals surface area contributed by atoms with Crippen molar-refractivity contribution in [3.05, 3.63) is 71.7 Å². The minimum atomic E-state index is -0.223. The molecule has 0 atom stereocenters. The quantitative estimate of drug-likeness (QED) is 0.631.